The lowest BCUT2D eigenvalue weighted by molar-refractivity contribution is -0.137. The maximum absolute atomic E-state index is 13.0. The minimum atomic E-state index is -4.25. The number of nitrogens with zero attached hydrogens (tertiary/aromatic N) is 2. The van der Waals surface area contributed by atoms with E-state index in [1.54, 1.807) is 0 Å². The van der Waals surface area contributed by atoms with Crippen LogP contribution in [0.15, 0.2) is 24.5 Å². The molecule has 0 atom stereocenters. The van der Waals surface area contributed by atoms with Crippen LogP contribution in [0.25, 0.3) is 11.0 Å². The third-order valence-electron chi connectivity index (χ3n) is 2.57. The molecule has 0 aliphatic rings. The fourth-order valence-electron chi connectivity index (χ4n) is 1.72. The quantitative estimate of drug-likeness (QED) is 0.873. The molecule has 0 aliphatic heterocycles. The van der Waals surface area contributed by atoms with E-state index in [0.29, 0.717) is 0 Å². The van der Waals surface area contributed by atoms with Crippen molar-refractivity contribution >= 4 is 17.0 Å². The van der Waals surface area contributed by atoms with Crippen LogP contribution in [0.5, 0.6) is 0 Å². The topological polar surface area (TPSA) is 55.1 Å². The van der Waals surface area contributed by atoms with Gasteiger partial charge in [0.05, 0.1) is 29.5 Å². The van der Waals surface area contributed by atoms with Crippen molar-refractivity contribution in [1.29, 1.82) is 0 Å². The van der Waals surface area contributed by atoms with Gasteiger partial charge in [0, 0.05) is 0 Å². The zero-order chi connectivity index (χ0) is 14.2. The summed E-state index contributed by atoms with van der Waals surface area (Å²) in [5.74, 6) is -5.59. The van der Waals surface area contributed by atoms with Crippen molar-refractivity contribution < 1.29 is 27.5 Å². The average molecular weight is 276 g/mol. The van der Waals surface area contributed by atoms with E-state index in [0.717, 1.165) is 10.9 Å². The second kappa shape index (κ2) is 4.52. The fourth-order valence-corrected chi connectivity index (χ4v) is 1.72. The molecular weight excluding hydrogens is 268 g/mol. The number of aromatic carboxylic acids is 1. The standard InChI is InChI=1S/C11H8F4N2O2/c12-10(13)11(14,15)4-17-5-16-7-3-1-2-6(8(7)17)9(18)19/h1-3,5,10H,4H2,(H,18,19). The molecule has 1 heterocycles. The number of halogens is 4. The second-order valence-electron chi connectivity index (χ2n) is 3.91. The Morgan fingerprint density at radius 2 is 2.11 bits per heavy atom. The summed E-state index contributed by atoms with van der Waals surface area (Å²) >= 11 is 0. The third-order valence-corrected chi connectivity index (χ3v) is 2.57. The first-order valence-electron chi connectivity index (χ1n) is 5.16. The van der Waals surface area contributed by atoms with Crippen molar-refractivity contribution in [3.8, 4) is 0 Å². The van der Waals surface area contributed by atoms with E-state index in [2.05, 4.69) is 4.98 Å². The van der Waals surface area contributed by atoms with Gasteiger partial charge < -0.3 is 9.67 Å². The smallest absolute Gasteiger partial charge is 0.337 e. The predicted octanol–water partition coefficient (Wildman–Crippen LogP) is 2.63. The number of carboxylic acid groups (broad SMARTS) is 1. The Balaban J connectivity index is 2.53. The summed E-state index contributed by atoms with van der Waals surface area (Å²) in [6.45, 7) is -1.33. The number of benzene rings is 1. The van der Waals surface area contributed by atoms with Gasteiger partial charge in [0.15, 0.2) is 0 Å². The zero-order valence-electron chi connectivity index (χ0n) is 9.36. The van der Waals surface area contributed by atoms with Gasteiger partial charge in [-0.3, -0.25) is 0 Å². The number of para-hydroxylation sites is 1. The summed E-state index contributed by atoms with van der Waals surface area (Å²) in [5, 5.41) is 8.96. The van der Waals surface area contributed by atoms with Crippen LogP contribution in [0.1, 0.15) is 10.4 Å². The number of hydrogen-bond acceptors (Lipinski definition) is 2. The van der Waals surface area contributed by atoms with Gasteiger partial charge in [-0.25, -0.2) is 18.6 Å². The van der Waals surface area contributed by atoms with E-state index in [-0.39, 0.29) is 16.6 Å². The summed E-state index contributed by atoms with van der Waals surface area (Å²) in [4.78, 5) is 14.7. The lowest BCUT2D eigenvalue weighted by Gasteiger charge is -2.16. The second-order valence-corrected chi connectivity index (χ2v) is 3.91. The van der Waals surface area contributed by atoms with E-state index < -0.39 is 24.9 Å². The lowest BCUT2D eigenvalue weighted by atomic mass is 10.2. The Labute approximate surface area is 104 Å². The highest BCUT2D eigenvalue weighted by atomic mass is 19.3. The van der Waals surface area contributed by atoms with E-state index in [1.807, 2.05) is 0 Å². The van der Waals surface area contributed by atoms with Gasteiger partial charge in [-0.2, -0.15) is 8.78 Å². The van der Waals surface area contributed by atoms with Crippen LogP contribution in [0, 0.1) is 0 Å². The van der Waals surface area contributed by atoms with Crippen LogP contribution in [0.4, 0.5) is 17.6 Å². The molecule has 0 saturated heterocycles. The number of carboxylic acids is 1. The molecule has 0 fully saturated rings. The molecule has 2 rings (SSSR count). The van der Waals surface area contributed by atoms with Crippen LogP contribution in [0.3, 0.4) is 0 Å². The minimum Gasteiger partial charge on any atom is -0.478 e. The highest BCUT2D eigenvalue weighted by Gasteiger charge is 2.41. The summed E-state index contributed by atoms with van der Waals surface area (Å²) in [5.41, 5.74) is -0.208. The molecule has 0 aliphatic carbocycles. The number of hydrogen-bond donors (Lipinski definition) is 1. The molecule has 102 valence electrons. The molecule has 0 bridgehead atoms. The predicted molar refractivity (Wildman–Crippen MR) is 57.6 cm³/mol. The first-order chi connectivity index (χ1) is 8.83. The highest BCUT2D eigenvalue weighted by molar-refractivity contribution is 6.01. The van der Waals surface area contributed by atoms with Gasteiger partial charge in [-0.05, 0) is 12.1 Å². The molecule has 0 amide bonds. The molecule has 1 N–H and O–H groups in total. The van der Waals surface area contributed by atoms with E-state index in [4.69, 9.17) is 5.11 Å². The summed E-state index contributed by atoms with van der Waals surface area (Å²) in [6, 6.07) is 4.01. The number of alkyl halides is 4. The van der Waals surface area contributed by atoms with Gasteiger partial charge >= 0.3 is 18.3 Å². The molecule has 0 radical (unpaired) electrons. The maximum Gasteiger partial charge on any atom is 0.337 e. The van der Waals surface area contributed by atoms with Crippen molar-refractivity contribution in [2.24, 2.45) is 0 Å². The third kappa shape index (κ3) is 2.38. The molecule has 2 aromatic rings. The molecule has 1 aromatic heterocycles. The van der Waals surface area contributed by atoms with Gasteiger partial charge in [-0.15, -0.1) is 0 Å². The minimum absolute atomic E-state index is 0.102. The normalized spacial score (nSPS) is 12.3. The van der Waals surface area contributed by atoms with Crippen molar-refractivity contribution in [2.45, 2.75) is 18.9 Å². The largest absolute Gasteiger partial charge is 0.478 e. The fraction of sp³-hybridized carbons (Fsp3) is 0.273. The zero-order valence-corrected chi connectivity index (χ0v) is 9.36. The molecule has 1 aromatic carbocycles. The lowest BCUT2D eigenvalue weighted by Crippen LogP contribution is -2.32. The van der Waals surface area contributed by atoms with Gasteiger partial charge in [0.25, 0.3) is 0 Å². The molecule has 0 spiro atoms. The summed E-state index contributed by atoms with van der Waals surface area (Å²) in [7, 11) is 0. The van der Waals surface area contributed by atoms with Crippen molar-refractivity contribution in [2.75, 3.05) is 0 Å². The van der Waals surface area contributed by atoms with Crippen LogP contribution in [0.2, 0.25) is 0 Å². The molecule has 19 heavy (non-hydrogen) atoms. The number of carbonyl (C=O) groups is 1. The molecule has 0 unspecified atom stereocenters. The highest BCUT2D eigenvalue weighted by Crippen LogP contribution is 2.27. The first-order valence-corrected chi connectivity index (χ1v) is 5.16. The number of imidazole rings is 1. The Bertz CT molecular complexity index is 624. The van der Waals surface area contributed by atoms with E-state index in [9.17, 15) is 22.4 Å². The van der Waals surface area contributed by atoms with Gasteiger partial charge in [0.1, 0.15) is 0 Å². The van der Waals surface area contributed by atoms with Crippen molar-refractivity contribution in [3.05, 3.63) is 30.1 Å². The molecule has 8 heteroatoms. The summed E-state index contributed by atoms with van der Waals surface area (Å²) in [6.07, 6.45) is -2.91. The van der Waals surface area contributed by atoms with Gasteiger partial charge in [-0.1, -0.05) is 6.07 Å². The molecule has 4 nitrogen and oxygen atoms in total. The number of aromatic nitrogens is 2. The number of fused-ring (bicyclic) bond motifs is 1. The van der Waals surface area contributed by atoms with Crippen molar-refractivity contribution in [1.82, 2.24) is 9.55 Å². The van der Waals surface area contributed by atoms with Gasteiger partial charge in [0.2, 0.25) is 0 Å². The SMILES string of the molecule is O=C(O)c1cccc2ncn(CC(F)(F)C(F)F)c12. The monoisotopic (exact) mass is 276 g/mol. The van der Waals surface area contributed by atoms with Crippen LogP contribution >= 0.6 is 0 Å². The van der Waals surface area contributed by atoms with E-state index >= 15 is 0 Å². The van der Waals surface area contributed by atoms with Crippen LogP contribution < -0.4 is 0 Å². The summed E-state index contributed by atoms with van der Waals surface area (Å²) < 4.78 is 51.1. The Morgan fingerprint density at radius 3 is 2.68 bits per heavy atom. The average Bonchev–Trinajstić information content (AvgIpc) is 2.71. The van der Waals surface area contributed by atoms with Crippen LogP contribution in [-0.4, -0.2) is 33.0 Å². The van der Waals surface area contributed by atoms with Crippen LogP contribution in [-0.2, 0) is 6.54 Å². The Morgan fingerprint density at radius 1 is 1.42 bits per heavy atom. The Kier molecular flexibility index (Phi) is 3.17. The molecular formula is C11H8F4N2O2. The molecule has 0 saturated carbocycles. The van der Waals surface area contributed by atoms with E-state index in [1.165, 1.54) is 18.2 Å². The maximum atomic E-state index is 13.0. The Hall–Kier alpha value is -2.12. The van der Waals surface area contributed by atoms with Crippen molar-refractivity contribution in [3.63, 3.8) is 0 Å². The first kappa shape index (κ1) is 13.3. The number of rotatable bonds is 4.